The number of non-ortho nitro benzene ring substituents is 1. The van der Waals surface area contributed by atoms with E-state index in [0.29, 0.717) is 59.4 Å². The first-order chi connectivity index (χ1) is 19.8. The molecule has 0 saturated carbocycles. The zero-order chi connectivity index (χ0) is 30.3. The Morgan fingerprint density at radius 1 is 0.881 bits per heavy atom. The van der Waals surface area contributed by atoms with Gasteiger partial charge >= 0.3 is 0 Å². The van der Waals surface area contributed by atoms with E-state index in [1.54, 1.807) is 31.2 Å². The van der Waals surface area contributed by atoms with Gasteiger partial charge in [-0.3, -0.25) is 10.1 Å². The molecule has 42 heavy (non-hydrogen) atoms. The van der Waals surface area contributed by atoms with E-state index >= 15 is 4.39 Å². The number of benzene rings is 3. The lowest BCUT2D eigenvalue weighted by molar-refractivity contribution is -0.384. The number of anilines is 2. The Morgan fingerprint density at radius 3 is 1.98 bits per heavy atom. The fourth-order valence-electron chi connectivity index (χ4n) is 5.85. The summed E-state index contributed by atoms with van der Waals surface area (Å²) >= 11 is 6.18. The Bertz CT molecular complexity index is 1750. The van der Waals surface area contributed by atoms with Crippen LogP contribution in [0.1, 0.15) is 25.6 Å². The zero-order valence-electron chi connectivity index (χ0n) is 23.8. The summed E-state index contributed by atoms with van der Waals surface area (Å²) in [5.41, 5.74) is 4.60. The number of nitro benzene ring substituents is 1. The van der Waals surface area contributed by atoms with Crippen molar-refractivity contribution in [2.75, 3.05) is 42.2 Å². The summed E-state index contributed by atoms with van der Waals surface area (Å²) in [4.78, 5) is 15.0. The van der Waals surface area contributed by atoms with Crippen molar-refractivity contribution in [1.29, 1.82) is 0 Å². The second kappa shape index (κ2) is 11.4. The molecule has 0 amide bonds. The summed E-state index contributed by atoms with van der Waals surface area (Å²) in [6, 6.07) is 18.3. The van der Waals surface area contributed by atoms with E-state index in [4.69, 9.17) is 11.6 Å². The molecule has 0 N–H and O–H groups in total. The van der Waals surface area contributed by atoms with Gasteiger partial charge in [0, 0.05) is 78.3 Å². The predicted octanol–water partition coefficient (Wildman–Crippen LogP) is 7.14. The zero-order valence-corrected chi connectivity index (χ0v) is 25.4. The highest BCUT2D eigenvalue weighted by Gasteiger charge is 2.30. The molecule has 0 bridgehead atoms. The standard InChI is InChI=1S/C31H32ClFN4O4S/c1-20(2)36-21(3)31(42(4,40)41)29(30(36)22-5-7-24(32)8-6-22)23-17-25(33)19-28(18-23)35-15-13-34(14-16-35)26-9-11-27(12-10-26)37(38)39/h5-12,17-20H,13-16H2,1-4H3. The fourth-order valence-corrected chi connectivity index (χ4v) is 7.20. The predicted molar refractivity (Wildman–Crippen MR) is 166 cm³/mol. The molecule has 1 aromatic heterocycles. The SMILES string of the molecule is Cc1c(S(C)(=O)=O)c(-c2cc(F)cc(N3CCN(c4ccc([N+](=O)[O-])cc4)CC3)c2)c(-c2ccc(Cl)cc2)n1C(C)C. The average molecular weight is 611 g/mol. The number of hydrogen-bond acceptors (Lipinski definition) is 6. The summed E-state index contributed by atoms with van der Waals surface area (Å²) < 4.78 is 43.8. The first-order valence-electron chi connectivity index (χ1n) is 13.6. The molecule has 0 spiro atoms. The van der Waals surface area contributed by atoms with Crippen LogP contribution in [0, 0.1) is 22.9 Å². The van der Waals surface area contributed by atoms with Crippen molar-refractivity contribution < 1.29 is 17.7 Å². The minimum Gasteiger partial charge on any atom is -0.368 e. The first-order valence-corrected chi connectivity index (χ1v) is 15.9. The quantitative estimate of drug-likeness (QED) is 0.163. The molecule has 220 valence electrons. The lowest BCUT2D eigenvalue weighted by atomic mass is 9.99. The molecule has 1 aliphatic heterocycles. The van der Waals surface area contributed by atoms with Crippen molar-refractivity contribution in [3.63, 3.8) is 0 Å². The maximum Gasteiger partial charge on any atom is 0.269 e. The van der Waals surface area contributed by atoms with Gasteiger partial charge in [0.2, 0.25) is 0 Å². The largest absolute Gasteiger partial charge is 0.368 e. The van der Waals surface area contributed by atoms with Crippen LogP contribution in [0.25, 0.3) is 22.4 Å². The molecule has 8 nitrogen and oxygen atoms in total. The van der Waals surface area contributed by atoms with Crippen molar-refractivity contribution in [1.82, 2.24) is 4.57 Å². The second-order valence-electron chi connectivity index (χ2n) is 10.8. The highest BCUT2D eigenvalue weighted by atomic mass is 35.5. The van der Waals surface area contributed by atoms with E-state index < -0.39 is 20.6 Å². The van der Waals surface area contributed by atoms with E-state index in [2.05, 4.69) is 9.80 Å². The van der Waals surface area contributed by atoms with Crippen LogP contribution >= 0.6 is 11.6 Å². The van der Waals surface area contributed by atoms with Gasteiger partial charge in [0.15, 0.2) is 9.84 Å². The monoisotopic (exact) mass is 610 g/mol. The Kier molecular flexibility index (Phi) is 8.04. The number of halogens is 2. The summed E-state index contributed by atoms with van der Waals surface area (Å²) in [5.74, 6) is -0.461. The van der Waals surface area contributed by atoms with Gasteiger partial charge in [0.25, 0.3) is 5.69 Å². The molecule has 4 aromatic rings. The van der Waals surface area contributed by atoms with E-state index in [-0.39, 0.29) is 16.6 Å². The third kappa shape index (κ3) is 5.73. The average Bonchev–Trinajstić information content (AvgIpc) is 3.27. The third-order valence-corrected chi connectivity index (χ3v) is 9.13. The van der Waals surface area contributed by atoms with Crippen LogP contribution in [0.5, 0.6) is 0 Å². The summed E-state index contributed by atoms with van der Waals surface area (Å²) in [6.07, 6.45) is 1.19. The maximum absolute atomic E-state index is 15.3. The molecule has 3 aromatic carbocycles. The van der Waals surface area contributed by atoms with Crippen LogP contribution in [0.15, 0.2) is 71.6 Å². The second-order valence-corrected chi connectivity index (χ2v) is 13.2. The lowest BCUT2D eigenvalue weighted by Gasteiger charge is -2.37. The minimum absolute atomic E-state index is 0.0395. The van der Waals surface area contributed by atoms with Gasteiger partial charge in [-0.2, -0.15) is 0 Å². The van der Waals surface area contributed by atoms with Gasteiger partial charge in [-0.15, -0.1) is 0 Å². The number of aromatic nitrogens is 1. The molecule has 5 rings (SSSR count). The van der Waals surface area contributed by atoms with Crippen LogP contribution in [0.4, 0.5) is 21.5 Å². The van der Waals surface area contributed by atoms with Crippen molar-refractivity contribution in [2.24, 2.45) is 0 Å². The Labute approximate surface area is 250 Å². The first kappa shape index (κ1) is 29.6. The van der Waals surface area contributed by atoms with E-state index in [1.165, 1.54) is 30.5 Å². The smallest absolute Gasteiger partial charge is 0.269 e. The number of rotatable bonds is 7. The van der Waals surface area contributed by atoms with Gasteiger partial charge in [0.05, 0.1) is 15.5 Å². The number of hydrogen-bond donors (Lipinski definition) is 0. The van der Waals surface area contributed by atoms with Crippen LogP contribution in [0.2, 0.25) is 5.02 Å². The normalized spacial score (nSPS) is 14.1. The van der Waals surface area contributed by atoms with Gasteiger partial charge in [0.1, 0.15) is 5.82 Å². The third-order valence-electron chi connectivity index (χ3n) is 7.64. The van der Waals surface area contributed by atoms with E-state index in [0.717, 1.165) is 11.3 Å². The van der Waals surface area contributed by atoms with Crippen molar-refractivity contribution in [3.05, 3.63) is 93.4 Å². The van der Waals surface area contributed by atoms with Crippen molar-refractivity contribution >= 4 is 38.5 Å². The van der Waals surface area contributed by atoms with Gasteiger partial charge in [-0.25, -0.2) is 12.8 Å². The van der Waals surface area contributed by atoms with Crippen LogP contribution in [0.3, 0.4) is 0 Å². The van der Waals surface area contributed by atoms with Crippen molar-refractivity contribution in [3.8, 4) is 22.4 Å². The minimum atomic E-state index is -3.69. The molecule has 2 heterocycles. The van der Waals surface area contributed by atoms with E-state index in [1.807, 2.05) is 36.6 Å². The molecule has 0 aliphatic carbocycles. The molecule has 11 heteroatoms. The molecular formula is C31H32ClFN4O4S. The summed E-state index contributed by atoms with van der Waals surface area (Å²) in [6.45, 7) is 8.22. The number of piperazine rings is 1. The molecular weight excluding hydrogens is 579 g/mol. The van der Waals surface area contributed by atoms with Gasteiger partial charge in [-0.05, 0) is 74.4 Å². The highest BCUT2D eigenvalue weighted by Crippen LogP contribution is 2.44. The number of nitro groups is 1. The maximum atomic E-state index is 15.3. The van der Waals surface area contributed by atoms with Crippen LogP contribution in [-0.2, 0) is 9.84 Å². The highest BCUT2D eigenvalue weighted by molar-refractivity contribution is 7.91. The molecule has 1 fully saturated rings. The Balaban J connectivity index is 1.56. The molecule has 0 unspecified atom stereocenters. The lowest BCUT2D eigenvalue weighted by Crippen LogP contribution is -2.46. The molecule has 0 atom stereocenters. The number of sulfone groups is 1. The molecule has 1 saturated heterocycles. The van der Waals surface area contributed by atoms with Gasteiger partial charge < -0.3 is 14.4 Å². The topological polar surface area (TPSA) is 88.7 Å². The number of nitrogens with zero attached hydrogens (tertiary/aromatic N) is 4. The van der Waals surface area contributed by atoms with Crippen molar-refractivity contribution in [2.45, 2.75) is 31.7 Å². The summed E-state index contributed by atoms with van der Waals surface area (Å²) in [7, 11) is -3.69. The summed E-state index contributed by atoms with van der Waals surface area (Å²) in [5, 5.41) is 11.6. The molecule has 0 radical (unpaired) electrons. The Hall–Kier alpha value is -3.89. The molecule has 1 aliphatic rings. The van der Waals surface area contributed by atoms with Gasteiger partial charge in [-0.1, -0.05) is 23.7 Å². The van der Waals surface area contributed by atoms with Crippen LogP contribution < -0.4 is 9.80 Å². The fraction of sp³-hybridized carbons (Fsp3) is 0.290. The van der Waals surface area contributed by atoms with Crippen LogP contribution in [-0.4, -0.2) is 50.3 Å². The Morgan fingerprint density at radius 2 is 1.45 bits per heavy atom. The van der Waals surface area contributed by atoms with E-state index in [9.17, 15) is 18.5 Å².